The molecule has 2 aromatic heterocycles. The number of pyridine rings is 2. The summed E-state index contributed by atoms with van der Waals surface area (Å²) in [6.45, 7) is 1.86. The second-order valence-electron chi connectivity index (χ2n) is 5.99. The summed E-state index contributed by atoms with van der Waals surface area (Å²) < 4.78 is 15.3. The first-order chi connectivity index (χ1) is 12.8. The van der Waals surface area contributed by atoms with Gasteiger partial charge in [-0.3, -0.25) is 4.79 Å². The predicted octanol–water partition coefficient (Wildman–Crippen LogP) is 5.33. The van der Waals surface area contributed by atoms with Gasteiger partial charge in [-0.15, -0.1) is 11.8 Å². The Morgan fingerprint density at radius 3 is 2.67 bits per heavy atom. The number of hydrogen-bond acceptors (Lipinski definition) is 4. The lowest BCUT2D eigenvalue weighted by molar-refractivity contribution is 0.626. The second-order valence-corrected chi connectivity index (χ2v) is 8.16. The van der Waals surface area contributed by atoms with Gasteiger partial charge in [0.05, 0.1) is 9.92 Å². The van der Waals surface area contributed by atoms with Gasteiger partial charge in [0, 0.05) is 46.9 Å². The number of nitrogens with zero attached hydrogens (tertiary/aromatic N) is 2. The fraction of sp³-hybridized carbons (Fsp3) is 0.158. The van der Waals surface area contributed by atoms with E-state index < -0.39 is 5.82 Å². The molecule has 0 aliphatic heterocycles. The molecule has 3 aromatic rings. The van der Waals surface area contributed by atoms with Gasteiger partial charge in [0.1, 0.15) is 11.6 Å². The van der Waals surface area contributed by atoms with Crippen LogP contribution in [0.25, 0.3) is 11.1 Å². The highest BCUT2D eigenvalue weighted by Gasteiger charge is 2.19. The van der Waals surface area contributed by atoms with Crippen molar-refractivity contribution in [3.8, 4) is 11.1 Å². The molecule has 0 saturated heterocycles. The molecule has 0 spiro atoms. The van der Waals surface area contributed by atoms with Crippen LogP contribution in [0.1, 0.15) is 17.7 Å². The third-order valence-electron chi connectivity index (χ3n) is 4.11. The fourth-order valence-corrected chi connectivity index (χ4v) is 4.54. The average molecular weight is 424 g/mol. The van der Waals surface area contributed by atoms with Gasteiger partial charge >= 0.3 is 0 Å². The van der Waals surface area contributed by atoms with Gasteiger partial charge in [0.2, 0.25) is 0 Å². The van der Waals surface area contributed by atoms with Crippen molar-refractivity contribution < 1.29 is 4.39 Å². The third-order valence-corrected chi connectivity index (χ3v) is 5.99. The number of rotatable bonds is 4. The molecular formula is C19H16Cl2FN3OS. The Bertz CT molecular complexity index is 1070. The molecule has 0 aliphatic carbocycles. The van der Waals surface area contributed by atoms with Crippen LogP contribution in [0.3, 0.4) is 0 Å². The lowest BCUT2D eigenvalue weighted by Crippen LogP contribution is -2.14. The van der Waals surface area contributed by atoms with Crippen LogP contribution in [0.5, 0.6) is 0 Å². The Hall–Kier alpha value is -2.02. The summed E-state index contributed by atoms with van der Waals surface area (Å²) in [6.07, 6.45) is 3.30. The zero-order valence-electron chi connectivity index (χ0n) is 14.5. The molecular weight excluding hydrogens is 408 g/mol. The molecule has 3 rings (SSSR count). The number of halogens is 3. The minimum atomic E-state index is -0.525. The van der Waals surface area contributed by atoms with Crippen LogP contribution in [0.4, 0.5) is 10.2 Å². The Balaban J connectivity index is 1.97. The number of nitrogens with two attached hydrogens (primary N) is 1. The van der Waals surface area contributed by atoms with Gasteiger partial charge in [0.15, 0.2) is 0 Å². The van der Waals surface area contributed by atoms with E-state index in [1.807, 2.05) is 19.1 Å². The van der Waals surface area contributed by atoms with Crippen molar-refractivity contribution in [2.75, 3.05) is 5.73 Å². The van der Waals surface area contributed by atoms with Gasteiger partial charge in [-0.05, 0) is 36.8 Å². The van der Waals surface area contributed by atoms with Crippen molar-refractivity contribution in [2.45, 2.75) is 17.1 Å². The molecule has 140 valence electrons. The first-order valence-electron chi connectivity index (χ1n) is 8.00. The first-order valence-corrected chi connectivity index (χ1v) is 9.64. The minimum Gasteiger partial charge on any atom is -0.383 e. The summed E-state index contributed by atoms with van der Waals surface area (Å²) in [4.78, 5) is 16.8. The van der Waals surface area contributed by atoms with Crippen LogP contribution in [0.2, 0.25) is 10.0 Å². The summed E-state index contributed by atoms with van der Waals surface area (Å²) in [5.74, 6) is -0.188. The molecule has 0 saturated carbocycles. The van der Waals surface area contributed by atoms with Crippen LogP contribution in [-0.4, -0.2) is 9.55 Å². The molecule has 0 bridgehead atoms. The average Bonchev–Trinajstić information content (AvgIpc) is 2.63. The van der Waals surface area contributed by atoms with E-state index in [1.54, 1.807) is 19.4 Å². The molecule has 0 fully saturated rings. The molecule has 8 heteroatoms. The molecule has 2 N–H and O–H groups in total. The van der Waals surface area contributed by atoms with E-state index in [0.29, 0.717) is 21.3 Å². The summed E-state index contributed by atoms with van der Waals surface area (Å²) >= 11 is 13.7. The van der Waals surface area contributed by atoms with Crippen molar-refractivity contribution in [2.24, 2.45) is 7.05 Å². The number of aryl methyl sites for hydroxylation is 1. The van der Waals surface area contributed by atoms with Gasteiger partial charge < -0.3 is 10.3 Å². The van der Waals surface area contributed by atoms with E-state index >= 15 is 0 Å². The van der Waals surface area contributed by atoms with E-state index in [-0.39, 0.29) is 15.8 Å². The monoisotopic (exact) mass is 423 g/mol. The predicted molar refractivity (Wildman–Crippen MR) is 110 cm³/mol. The fourth-order valence-electron chi connectivity index (χ4n) is 2.60. The third kappa shape index (κ3) is 4.13. The molecule has 27 heavy (non-hydrogen) atoms. The minimum absolute atomic E-state index is 0.00302. The number of nitrogen functional groups attached to an aromatic ring is 1. The lowest BCUT2D eigenvalue weighted by atomic mass is 10.1. The topological polar surface area (TPSA) is 60.9 Å². The van der Waals surface area contributed by atoms with Crippen LogP contribution < -0.4 is 11.3 Å². The maximum Gasteiger partial charge on any atom is 0.250 e. The summed E-state index contributed by atoms with van der Waals surface area (Å²) in [6, 6.07) is 7.92. The standard InChI is InChI=1S/C19H16Cl2FN3OS/c1-10(17-13(20)3-4-14(22)18(17)21)27-15-7-12(9-24-19(15)23)11-5-6-25(2)16(26)8-11/h3-10H,1-2H3,(H2,23,24)/t10-/m1/s1. The van der Waals surface area contributed by atoms with E-state index in [2.05, 4.69) is 4.98 Å². The Morgan fingerprint density at radius 2 is 1.96 bits per heavy atom. The van der Waals surface area contributed by atoms with Crippen LogP contribution >= 0.6 is 35.0 Å². The molecule has 2 heterocycles. The number of hydrogen-bond donors (Lipinski definition) is 1. The Kier molecular flexibility index (Phi) is 5.79. The molecule has 4 nitrogen and oxygen atoms in total. The van der Waals surface area contributed by atoms with Gasteiger partial charge in [-0.25, -0.2) is 9.37 Å². The maximum atomic E-state index is 13.8. The second kappa shape index (κ2) is 7.92. The maximum absolute atomic E-state index is 13.8. The van der Waals surface area contributed by atoms with Crippen molar-refractivity contribution in [1.82, 2.24) is 9.55 Å². The smallest absolute Gasteiger partial charge is 0.250 e. The highest BCUT2D eigenvalue weighted by atomic mass is 35.5. The summed E-state index contributed by atoms with van der Waals surface area (Å²) in [7, 11) is 1.68. The number of anilines is 1. The van der Waals surface area contributed by atoms with Crippen molar-refractivity contribution in [3.05, 3.63) is 74.5 Å². The van der Waals surface area contributed by atoms with Crippen LogP contribution in [0.15, 0.2) is 52.4 Å². The largest absolute Gasteiger partial charge is 0.383 e. The van der Waals surface area contributed by atoms with Gasteiger partial charge in [-0.2, -0.15) is 0 Å². The summed E-state index contributed by atoms with van der Waals surface area (Å²) in [5.41, 5.74) is 7.89. The highest BCUT2D eigenvalue weighted by Crippen LogP contribution is 2.44. The van der Waals surface area contributed by atoms with Crippen molar-refractivity contribution in [3.63, 3.8) is 0 Å². The zero-order chi connectivity index (χ0) is 19.7. The van der Waals surface area contributed by atoms with Gasteiger partial charge in [-0.1, -0.05) is 23.2 Å². The zero-order valence-corrected chi connectivity index (χ0v) is 16.9. The van der Waals surface area contributed by atoms with Crippen LogP contribution in [0, 0.1) is 5.82 Å². The molecule has 0 amide bonds. The van der Waals surface area contributed by atoms with Gasteiger partial charge in [0.25, 0.3) is 5.56 Å². The van der Waals surface area contributed by atoms with Crippen LogP contribution in [-0.2, 0) is 7.05 Å². The molecule has 0 aliphatic rings. The van der Waals surface area contributed by atoms with E-state index in [1.165, 1.54) is 34.5 Å². The first kappa shape index (κ1) is 19.7. The highest BCUT2D eigenvalue weighted by molar-refractivity contribution is 7.99. The lowest BCUT2D eigenvalue weighted by Gasteiger charge is -2.17. The van der Waals surface area contributed by atoms with E-state index in [4.69, 9.17) is 28.9 Å². The van der Waals surface area contributed by atoms with E-state index in [0.717, 1.165) is 11.1 Å². The number of thioether (sulfide) groups is 1. The molecule has 1 aromatic carbocycles. The van der Waals surface area contributed by atoms with E-state index in [9.17, 15) is 9.18 Å². The summed E-state index contributed by atoms with van der Waals surface area (Å²) in [5, 5.41) is 0.121. The number of benzene rings is 1. The number of aromatic nitrogens is 2. The normalized spacial score (nSPS) is 12.2. The Labute approximate surface area is 170 Å². The molecule has 0 radical (unpaired) electrons. The molecule has 0 unspecified atom stereocenters. The Morgan fingerprint density at radius 1 is 1.22 bits per heavy atom. The molecule has 1 atom stereocenters. The van der Waals surface area contributed by atoms with Crippen molar-refractivity contribution in [1.29, 1.82) is 0 Å². The quantitative estimate of drug-likeness (QED) is 0.454. The SMILES string of the molecule is C[C@@H](Sc1cc(-c2ccn(C)c(=O)c2)cnc1N)c1c(Cl)ccc(F)c1Cl. The van der Waals surface area contributed by atoms with Crippen molar-refractivity contribution >= 4 is 40.8 Å².